The van der Waals surface area contributed by atoms with E-state index in [2.05, 4.69) is 10.3 Å². The van der Waals surface area contributed by atoms with E-state index >= 15 is 0 Å². The summed E-state index contributed by atoms with van der Waals surface area (Å²) in [7, 11) is 0. The smallest absolute Gasteiger partial charge is 0.227 e. The molecule has 0 amide bonds. The van der Waals surface area contributed by atoms with E-state index in [1.54, 1.807) is 6.20 Å². The van der Waals surface area contributed by atoms with Crippen molar-refractivity contribution in [2.45, 2.75) is 26.4 Å². The Morgan fingerprint density at radius 2 is 1.58 bits per heavy atom. The summed E-state index contributed by atoms with van der Waals surface area (Å²) in [5, 5.41) is 3.86. The first kappa shape index (κ1) is 20.8. The number of para-hydroxylation sites is 1. The quantitative estimate of drug-likeness (QED) is 0.378. The van der Waals surface area contributed by atoms with Crippen molar-refractivity contribution >= 4 is 23.2 Å². The lowest BCUT2D eigenvalue weighted by atomic mass is 10.1. The molecule has 6 heteroatoms. The van der Waals surface area contributed by atoms with Gasteiger partial charge in [-0.15, -0.1) is 0 Å². The van der Waals surface area contributed by atoms with Gasteiger partial charge in [0.15, 0.2) is 0 Å². The van der Waals surface area contributed by atoms with Crippen molar-refractivity contribution in [3.05, 3.63) is 84.0 Å². The van der Waals surface area contributed by atoms with Gasteiger partial charge in [-0.3, -0.25) is 0 Å². The van der Waals surface area contributed by atoms with Gasteiger partial charge in [-0.25, -0.2) is 15.0 Å². The van der Waals surface area contributed by atoms with E-state index in [0.717, 1.165) is 28.2 Å². The molecule has 156 valence electrons. The van der Waals surface area contributed by atoms with E-state index in [1.807, 2.05) is 93.6 Å². The van der Waals surface area contributed by atoms with Crippen molar-refractivity contribution in [1.29, 1.82) is 0 Å². The summed E-state index contributed by atoms with van der Waals surface area (Å²) in [4.78, 5) is 13.7. The van der Waals surface area contributed by atoms with Gasteiger partial charge in [-0.1, -0.05) is 48.0 Å². The van der Waals surface area contributed by atoms with Crippen LogP contribution in [0.1, 0.15) is 20.8 Å². The van der Waals surface area contributed by atoms with Crippen LogP contribution in [0.4, 0.5) is 11.6 Å². The van der Waals surface area contributed by atoms with E-state index in [1.165, 1.54) is 0 Å². The summed E-state index contributed by atoms with van der Waals surface area (Å²) in [5.74, 6) is 1.02. The van der Waals surface area contributed by atoms with E-state index in [9.17, 15) is 0 Å². The lowest BCUT2D eigenvalue weighted by molar-refractivity contribution is 0.124. The lowest BCUT2D eigenvalue weighted by Crippen LogP contribution is -2.23. The molecule has 2 heterocycles. The molecule has 0 radical (unpaired) electrons. The number of halogens is 1. The van der Waals surface area contributed by atoms with E-state index in [0.29, 0.717) is 16.9 Å². The zero-order valence-corrected chi connectivity index (χ0v) is 18.4. The molecule has 31 heavy (non-hydrogen) atoms. The molecule has 2 aromatic heterocycles. The highest BCUT2D eigenvalue weighted by Crippen LogP contribution is 2.33. The van der Waals surface area contributed by atoms with Crippen molar-refractivity contribution in [1.82, 2.24) is 15.0 Å². The molecular formula is C25H23ClN4O. The average molecular weight is 431 g/mol. The molecule has 5 nitrogen and oxygen atoms in total. The minimum atomic E-state index is -0.394. The van der Waals surface area contributed by atoms with Gasteiger partial charge < -0.3 is 10.1 Å². The number of hydrogen-bond donors (Lipinski definition) is 1. The van der Waals surface area contributed by atoms with E-state index in [-0.39, 0.29) is 0 Å². The second kappa shape index (κ2) is 8.74. The van der Waals surface area contributed by atoms with Crippen molar-refractivity contribution < 1.29 is 4.74 Å². The van der Waals surface area contributed by atoms with Crippen LogP contribution in [0, 0.1) is 0 Å². The van der Waals surface area contributed by atoms with Gasteiger partial charge in [0.2, 0.25) is 11.8 Å². The van der Waals surface area contributed by atoms with Gasteiger partial charge in [-0.05, 0) is 51.1 Å². The van der Waals surface area contributed by atoms with Gasteiger partial charge in [0.05, 0.1) is 11.4 Å². The average Bonchev–Trinajstić information content (AvgIpc) is 2.73. The van der Waals surface area contributed by atoms with Crippen LogP contribution in [-0.4, -0.2) is 20.6 Å². The van der Waals surface area contributed by atoms with Crippen molar-refractivity contribution in [3.63, 3.8) is 0 Å². The highest BCUT2D eigenvalue weighted by atomic mass is 35.5. The molecule has 4 aromatic rings. The predicted octanol–water partition coefficient (Wildman–Crippen LogP) is 6.78. The lowest BCUT2D eigenvalue weighted by Gasteiger charge is -2.21. The van der Waals surface area contributed by atoms with Gasteiger partial charge in [-0.2, -0.15) is 0 Å². The summed E-state index contributed by atoms with van der Waals surface area (Å²) in [6.45, 7) is 5.97. The molecule has 0 atom stereocenters. The number of nitrogens with zero attached hydrogens (tertiary/aromatic N) is 3. The maximum atomic E-state index is 6.44. The van der Waals surface area contributed by atoms with Gasteiger partial charge in [0.25, 0.3) is 0 Å². The van der Waals surface area contributed by atoms with Crippen LogP contribution in [0.3, 0.4) is 0 Å². The molecule has 0 aliphatic heterocycles. The topological polar surface area (TPSA) is 59.9 Å². The van der Waals surface area contributed by atoms with E-state index < -0.39 is 5.60 Å². The normalized spacial score (nSPS) is 11.2. The minimum Gasteiger partial charge on any atom is -0.472 e. The van der Waals surface area contributed by atoms with Crippen LogP contribution >= 0.6 is 11.6 Å². The summed E-state index contributed by atoms with van der Waals surface area (Å²) in [6, 6.07) is 23.2. The Morgan fingerprint density at radius 3 is 2.32 bits per heavy atom. The monoisotopic (exact) mass is 430 g/mol. The summed E-state index contributed by atoms with van der Waals surface area (Å²) in [5.41, 5.74) is 3.70. The first-order valence-corrected chi connectivity index (χ1v) is 10.4. The summed E-state index contributed by atoms with van der Waals surface area (Å²) >= 11 is 6.44. The zero-order chi connectivity index (χ0) is 21.8. The maximum absolute atomic E-state index is 6.44. The molecule has 4 rings (SSSR count). The fraction of sp³-hybridized carbons (Fsp3) is 0.160. The molecule has 0 aliphatic rings. The van der Waals surface area contributed by atoms with Crippen LogP contribution in [0.2, 0.25) is 5.02 Å². The van der Waals surface area contributed by atoms with Gasteiger partial charge >= 0.3 is 0 Å². The van der Waals surface area contributed by atoms with Crippen LogP contribution in [-0.2, 0) is 0 Å². The summed E-state index contributed by atoms with van der Waals surface area (Å²) < 4.78 is 6.08. The maximum Gasteiger partial charge on any atom is 0.227 e. The highest BCUT2D eigenvalue weighted by Gasteiger charge is 2.17. The third kappa shape index (κ3) is 5.38. The number of anilines is 2. The van der Waals surface area contributed by atoms with Crippen LogP contribution < -0.4 is 10.1 Å². The molecule has 0 saturated heterocycles. The molecule has 2 aromatic carbocycles. The fourth-order valence-corrected chi connectivity index (χ4v) is 3.29. The Labute approximate surface area is 187 Å². The molecule has 0 fully saturated rings. The number of nitrogens with one attached hydrogen (secondary N) is 1. The second-order valence-corrected chi connectivity index (χ2v) is 8.44. The van der Waals surface area contributed by atoms with Crippen LogP contribution in [0.5, 0.6) is 5.88 Å². The fourth-order valence-electron chi connectivity index (χ4n) is 3.06. The largest absolute Gasteiger partial charge is 0.472 e. The minimum absolute atomic E-state index is 0.394. The molecule has 0 spiro atoms. The third-order valence-electron chi connectivity index (χ3n) is 4.34. The number of benzene rings is 2. The van der Waals surface area contributed by atoms with Crippen molar-refractivity contribution in [2.24, 2.45) is 0 Å². The first-order chi connectivity index (χ1) is 14.9. The molecule has 0 saturated carbocycles. The SMILES string of the molecule is CC(C)(C)Oc1cc(-c2ccnc(Nc3ccccc3)n2)cc(-c2ccccc2Cl)n1. The van der Waals surface area contributed by atoms with Crippen LogP contribution in [0.25, 0.3) is 22.5 Å². The molecular weight excluding hydrogens is 408 g/mol. The molecule has 0 bridgehead atoms. The molecule has 1 N–H and O–H groups in total. The molecule has 0 aliphatic carbocycles. The predicted molar refractivity (Wildman–Crippen MR) is 126 cm³/mol. The zero-order valence-electron chi connectivity index (χ0n) is 17.6. The Balaban J connectivity index is 1.77. The van der Waals surface area contributed by atoms with Gasteiger partial charge in [0, 0.05) is 34.1 Å². The van der Waals surface area contributed by atoms with Gasteiger partial charge in [0.1, 0.15) is 5.60 Å². The standard InChI is InChI=1S/C25H23ClN4O/c1-25(2,3)31-23-16-17(15-22(29-23)19-11-7-8-12-20(19)26)21-13-14-27-24(30-21)28-18-9-5-4-6-10-18/h4-16H,1-3H3,(H,27,28,30). The van der Waals surface area contributed by atoms with Crippen LogP contribution in [0.15, 0.2) is 79.0 Å². The number of rotatable bonds is 5. The Bertz CT molecular complexity index is 1190. The Morgan fingerprint density at radius 1 is 0.839 bits per heavy atom. The number of aromatic nitrogens is 3. The Hall–Kier alpha value is -3.44. The number of ether oxygens (including phenoxy) is 1. The number of pyridine rings is 1. The van der Waals surface area contributed by atoms with Crippen molar-refractivity contribution in [2.75, 3.05) is 5.32 Å². The molecule has 0 unspecified atom stereocenters. The Kier molecular flexibility index (Phi) is 5.87. The highest BCUT2D eigenvalue weighted by molar-refractivity contribution is 6.33. The van der Waals surface area contributed by atoms with E-state index in [4.69, 9.17) is 26.3 Å². The third-order valence-corrected chi connectivity index (χ3v) is 4.67. The summed E-state index contributed by atoms with van der Waals surface area (Å²) in [6.07, 6.45) is 1.73. The van der Waals surface area contributed by atoms with Crippen molar-refractivity contribution in [3.8, 4) is 28.4 Å². The second-order valence-electron chi connectivity index (χ2n) is 8.03. The first-order valence-electron chi connectivity index (χ1n) is 9.99. The number of hydrogen-bond acceptors (Lipinski definition) is 5.